The summed E-state index contributed by atoms with van der Waals surface area (Å²) in [5.41, 5.74) is 11.2. The molecule has 0 aromatic heterocycles. The van der Waals surface area contributed by atoms with Crippen molar-refractivity contribution in [2.24, 2.45) is 5.73 Å². The molecule has 2 aromatic carbocycles. The van der Waals surface area contributed by atoms with E-state index in [0.717, 1.165) is 17.7 Å². The van der Waals surface area contributed by atoms with E-state index in [1.165, 1.54) is 16.7 Å². The second kappa shape index (κ2) is 4.71. The van der Waals surface area contributed by atoms with Gasteiger partial charge in [-0.1, -0.05) is 42.0 Å². The topological polar surface area (TPSA) is 35.2 Å². The first-order valence-electron chi connectivity index (χ1n) is 6.73. The second-order valence-corrected chi connectivity index (χ2v) is 5.35. The van der Waals surface area contributed by atoms with E-state index < -0.39 is 0 Å². The molecular weight excluding hydrogens is 234 g/mol. The van der Waals surface area contributed by atoms with Crippen molar-refractivity contribution >= 4 is 0 Å². The molecule has 1 heterocycles. The maximum Gasteiger partial charge on any atom is 0.126 e. The van der Waals surface area contributed by atoms with Gasteiger partial charge < -0.3 is 10.5 Å². The van der Waals surface area contributed by atoms with Gasteiger partial charge in [0, 0.05) is 18.0 Å². The van der Waals surface area contributed by atoms with Crippen LogP contribution in [-0.4, -0.2) is 0 Å². The number of ether oxygens (including phenoxy) is 1. The van der Waals surface area contributed by atoms with Gasteiger partial charge in [-0.3, -0.25) is 0 Å². The zero-order chi connectivity index (χ0) is 13.4. The van der Waals surface area contributed by atoms with Gasteiger partial charge in [0.05, 0.1) is 0 Å². The number of nitrogens with two attached hydrogens (primary N) is 1. The van der Waals surface area contributed by atoms with Crippen LogP contribution in [0.15, 0.2) is 42.5 Å². The Morgan fingerprint density at radius 3 is 2.63 bits per heavy atom. The minimum Gasteiger partial charge on any atom is -0.485 e. The van der Waals surface area contributed by atoms with Gasteiger partial charge in [-0.05, 0) is 31.0 Å². The number of hydrogen-bond acceptors (Lipinski definition) is 2. The number of benzene rings is 2. The van der Waals surface area contributed by atoms with Crippen LogP contribution in [0, 0.1) is 13.8 Å². The molecule has 0 fully saturated rings. The molecule has 2 atom stereocenters. The smallest absolute Gasteiger partial charge is 0.126 e. The molecule has 0 spiro atoms. The van der Waals surface area contributed by atoms with E-state index in [9.17, 15) is 0 Å². The Morgan fingerprint density at radius 1 is 1.05 bits per heavy atom. The van der Waals surface area contributed by atoms with Crippen LogP contribution in [0.4, 0.5) is 0 Å². The third-order valence-corrected chi connectivity index (χ3v) is 3.83. The Morgan fingerprint density at radius 2 is 1.84 bits per heavy atom. The fourth-order valence-corrected chi connectivity index (χ4v) is 2.83. The minimum absolute atomic E-state index is 0.0515. The van der Waals surface area contributed by atoms with Crippen LogP contribution in [0.25, 0.3) is 0 Å². The molecular formula is C17H19NO. The Bertz CT molecular complexity index is 606. The lowest BCUT2D eigenvalue weighted by atomic mass is 9.91. The van der Waals surface area contributed by atoms with Gasteiger partial charge in [0.25, 0.3) is 0 Å². The molecule has 19 heavy (non-hydrogen) atoms. The molecule has 0 aliphatic carbocycles. The zero-order valence-corrected chi connectivity index (χ0v) is 11.4. The standard InChI is InChI=1S/C17H19NO/c1-11-7-8-13(12(2)9-11)17-10-15(18)14-5-3-4-6-16(14)19-17/h3-9,15,17H,10,18H2,1-2H3. The van der Waals surface area contributed by atoms with E-state index in [-0.39, 0.29) is 12.1 Å². The summed E-state index contributed by atoms with van der Waals surface area (Å²) in [6, 6.07) is 14.6. The van der Waals surface area contributed by atoms with Gasteiger partial charge in [0.2, 0.25) is 0 Å². The SMILES string of the molecule is Cc1ccc(C2CC(N)c3ccccc3O2)c(C)c1. The summed E-state index contributed by atoms with van der Waals surface area (Å²) in [6.45, 7) is 4.25. The highest BCUT2D eigenvalue weighted by Crippen LogP contribution is 2.40. The van der Waals surface area contributed by atoms with E-state index in [4.69, 9.17) is 10.5 Å². The van der Waals surface area contributed by atoms with Crippen LogP contribution in [0.5, 0.6) is 5.75 Å². The molecule has 2 nitrogen and oxygen atoms in total. The fourth-order valence-electron chi connectivity index (χ4n) is 2.83. The van der Waals surface area contributed by atoms with E-state index in [0.29, 0.717) is 0 Å². The number of aryl methyl sites for hydroxylation is 2. The molecule has 2 heteroatoms. The molecule has 3 rings (SSSR count). The Hall–Kier alpha value is -1.80. The third kappa shape index (κ3) is 2.24. The van der Waals surface area contributed by atoms with Crippen molar-refractivity contribution in [2.75, 3.05) is 0 Å². The molecule has 1 aliphatic rings. The Balaban J connectivity index is 1.97. The van der Waals surface area contributed by atoms with Gasteiger partial charge in [-0.15, -0.1) is 0 Å². The van der Waals surface area contributed by atoms with Gasteiger partial charge in [0.1, 0.15) is 11.9 Å². The Labute approximate surface area is 114 Å². The van der Waals surface area contributed by atoms with Crippen LogP contribution in [0.2, 0.25) is 0 Å². The predicted octanol–water partition coefficient (Wildman–Crippen LogP) is 3.83. The number of rotatable bonds is 1. The average molecular weight is 253 g/mol. The van der Waals surface area contributed by atoms with E-state index in [2.05, 4.69) is 38.1 Å². The van der Waals surface area contributed by atoms with Crippen LogP contribution < -0.4 is 10.5 Å². The van der Waals surface area contributed by atoms with Gasteiger partial charge in [-0.25, -0.2) is 0 Å². The first-order valence-corrected chi connectivity index (χ1v) is 6.73. The molecule has 2 unspecified atom stereocenters. The summed E-state index contributed by atoms with van der Waals surface area (Å²) in [7, 11) is 0. The fraction of sp³-hybridized carbons (Fsp3) is 0.294. The van der Waals surface area contributed by atoms with Crippen LogP contribution in [0.3, 0.4) is 0 Å². The first-order chi connectivity index (χ1) is 9.15. The van der Waals surface area contributed by atoms with E-state index in [1.54, 1.807) is 0 Å². The number of para-hydroxylation sites is 1. The maximum absolute atomic E-state index is 6.27. The molecule has 0 saturated heterocycles. The summed E-state index contributed by atoms with van der Waals surface area (Å²) >= 11 is 0. The molecule has 0 amide bonds. The first kappa shape index (κ1) is 12.2. The van der Waals surface area contributed by atoms with E-state index in [1.807, 2.05) is 18.2 Å². The Kier molecular flexibility index (Phi) is 3.03. The predicted molar refractivity (Wildman–Crippen MR) is 77.3 cm³/mol. The molecule has 98 valence electrons. The van der Waals surface area contributed by atoms with Crippen molar-refractivity contribution in [3.05, 3.63) is 64.7 Å². The van der Waals surface area contributed by atoms with Crippen molar-refractivity contribution in [1.29, 1.82) is 0 Å². The summed E-state index contributed by atoms with van der Waals surface area (Å²) in [5.74, 6) is 0.922. The monoisotopic (exact) mass is 253 g/mol. The third-order valence-electron chi connectivity index (χ3n) is 3.83. The van der Waals surface area contributed by atoms with Crippen molar-refractivity contribution < 1.29 is 4.74 Å². The molecule has 0 radical (unpaired) electrons. The normalized spacial score (nSPS) is 21.6. The highest BCUT2D eigenvalue weighted by atomic mass is 16.5. The minimum atomic E-state index is 0.0515. The highest BCUT2D eigenvalue weighted by molar-refractivity contribution is 5.40. The van der Waals surface area contributed by atoms with Crippen molar-refractivity contribution in [3.63, 3.8) is 0 Å². The number of fused-ring (bicyclic) bond motifs is 1. The van der Waals surface area contributed by atoms with Gasteiger partial charge in [0.15, 0.2) is 0 Å². The highest BCUT2D eigenvalue weighted by Gasteiger charge is 2.27. The lowest BCUT2D eigenvalue weighted by Gasteiger charge is -2.31. The van der Waals surface area contributed by atoms with Crippen molar-refractivity contribution in [2.45, 2.75) is 32.4 Å². The number of hydrogen-bond donors (Lipinski definition) is 1. The van der Waals surface area contributed by atoms with E-state index >= 15 is 0 Å². The van der Waals surface area contributed by atoms with Crippen LogP contribution in [0.1, 0.15) is 40.8 Å². The molecule has 1 aliphatic heterocycles. The molecule has 2 aromatic rings. The lowest BCUT2D eigenvalue weighted by Crippen LogP contribution is -2.24. The molecule has 0 saturated carbocycles. The van der Waals surface area contributed by atoms with Gasteiger partial charge in [-0.2, -0.15) is 0 Å². The van der Waals surface area contributed by atoms with Crippen LogP contribution in [-0.2, 0) is 0 Å². The quantitative estimate of drug-likeness (QED) is 0.838. The summed E-state index contributed by atoms with van der Waals surface area (Å²) < 4.78 is 6.13. The zero-order valence-electron chi connectivity index (χ0n) is 11.4. The molecule has 2 N–H and O–H groups in total. The average Bonchev–Trinajstić information content (AvgIpc) is 2.38. The second-order valence-electron chi connectivity index (χ2n) is 5.35. The van der Waals surface area contributed by atoms with Crippen LogP contribution >= 0.6 is 0 Å². The molecule has 0 bridgehead atoms. The van der Waals surface area contributed by atoms with Crippen molar-refractivity contribution in [3.8, 4) is 5.75 Å². The summed E-state index contributed by atoms with van der Waals surface area (Å²) in [4.78, 5) is 0. The lowest BCUT2D eigenvalue weighted by molar-refractivity contribution is 0.161. The van der Waals surface area contributed by atoms with Gasteiger partial charge >= 0.3 is 0 Å². The maximum atomic E-state index is 6.27. The summed E-state index contributed by atoms with van der Waals surface area (Å²) in [5, 5.41) is 0. The van der Waals surface area contributed by atoms with Crippen molar-refractivity contribution in [1.82, 2.24) is 0 Å². The largest absolute Gasteiger partial charge is 0.485 e. The summed E-state index contributed by atoms with van der Waals surface area (Å²) in [6.07, 6.45) is 0.895.